The zero-order valence-electron chi connectivity index (χ0n) is 27.7. The molecule has 0 bridgehead atoms. The zero-order chi connectivity index (χ0) is 33.4. The molecule has 1 amide bonds. The average molecular weight is 646 g/mol. The Morgan fingerprint density at radius 3 is 2.37 bits per heavy atom. The van der Waals surface area contributed by atoms with Gasteiger partial charge >= 0.3 is 0 Å². The number of nitrogens with two attached hydrogens (primary N) is 1. The van der Waals surface area contributed by atoms with Crippen molar-refractivity contribution in [2.24, 2.45) is 5.92 Å². The zero-order valence-corrected chi connectivity index (χ0v) is 28.5. The minimum Gasteiger partial charge on any atom is -0.384 e. The van der Waals surface area contributed by atoms with Crippen LogP contribution in [0.15, 0.2) is 65.7 Å². The van der Waals surface area contributed by atoms with Crippen molar-refractivity contribution in [3.05, 3.63) is 83.1 Å². The molecule has 1 atom stereocenters. The summed E-state index contributed by atoms with van der Waals surface area (Å²) in [6.45, 7) is 14.4. The third-order valence-corrected chi connectivity index (χ3v) is 10.3. The van der Waals surface area contributed by atoms with Crippen LogP contribution in [-0.2, 0) is 26.5 Å². The van der Waals surface area contributed by atoms with Crippen LogP contribution in [0.4, 0.5) is 11.6 Å². The van der Waals surface area contributed by atoms with E-state index in [1.165, 1.54) is 18.2 Å². The molecule has 9 nitrogen and oxygen atoms in total. The normalized spacial score (nSPS) is 18.4. The molecule has 0 spiro atoms. The lowest BCUT2D eigenvalue weighted by Gasteiger charge is -2.36. The molecule has 1 saturated heterocycles. The van der Waals surface area contributed by atoms with Crippen LogP contribution < -0.4 is 10.6 Å². The molecule has 3 aromatic rings. The van der Waals surface area contributed by atoms with E-state index < -0.39 is 21.4 Å². The van der Waals surface area contributed by atoms with Gasteiger partial charge in [-0.1, -0.05) is 70.2 Å². The molecule has 0 unspecified atom stereocenters. The Morgan fingerprint density at radius 1 is 1.07 bits per heavy atom. The minimum absolute atomic E-state index is 0. The number of nitrogen functional groups attached to an aromatic ring is 1. The predicted octanol–water partition coefficient (Wildman–Crippen LogP) is 5.74. The number of rotatable bonds is 8. The maximum Gasteiger partial charge on any atom is 0.227 e. The van der Waals surface area contributed by atoms with Crippen molar-refractivity contribution in [2.45, 2.75) is 76.8 Å². The third kappa shape index (κ3) is 7.17. The number of Topliss-reactive ketones (excluding diaryl/α,β-unsaturated/α-hetero) is 1. The molecular formula is C36H47N5O4S. The second-order valence-corrected chi connectivity index (χ2v) is 16.2. The number of hydrogen-bond acceptors (Lipinski definition) is 8. The fraction of sp³-hybridized carbons (Fsp3) is 0.444. The summed E-state index contributed by atoms with van der Waals surface area (Å²) in [5, 5.41) is -0.229. The number of carbonyl (C=O) groups is 2. The van der Waals surface area contributed by atoms with Crippen LogP contribution in [0.3, 0.4) is 0 Å². The number of nitrogens with zero attached hydrogens (tertiary/aromatic N) is 4. The van der Waals surface area contributed by atoms with E-state index in [4.69, 9.17) is 10.7 Å². The molecule has 10 heteroatoms. The Morgan fingerprint density at radius 2 is 1.78 bits per heavy atom. The molecule has 1 fully saturated rings. The van der Waals surface area contributed by atoms with E-state index in [-0.39, 0.29) is 34.7 Å². The minimum atomic E-state index is -4.07. The quantitative estimate of drug-likeness (QED) is 0.307. The molecule has 46 heavy (non-hydrogen) atoms. The number of amides is 1. The number of sulfone groups is 1. The lowest BCUT2D eigenvalue weighted by Crippen LogP contribution is -2.40. The van der Waals surface area contributed by atoms with Crippen LogP contribution in [0.5, 0.6) is 0 Å². The van der Waals surface area contributed by atoms with Crippen molar-refractivity contribution in [1.82, 2.24) is 14.9 Å². The smallest absolute Gasteiger partial charge is 0.227 e. The highest BCUT2D eigenvalue weighted by atomic mass is 32.2. The Kier molecular flexibility index (Phi) is 9.14. The number of aromatic nitrogens is 2. The molecule has 5 rings (SSSR count). The van der Waals surface area contributed by atoms with Gasteiger partial charge in [0, 0.05) is 37.6 Å². The average Bonchev–Trinajstić information content (AvgIpc) is 3.27. The van der Waals surface area contributed by atoms with Gasteiger partial charge in [0.25, 0.3) is 0 Å². The van der Waals surface area contributed by atoms with Crippen LogP contribution in [0.25, 0.3) is 5.57 Å². The Bertz CT molecular complexity index is 1780. The van der Waals surface area contributed by atoms with Crippen LogP contribution in [0.2, 0.25) is 0 Å². The van der Waals surface area contributed by atoms with Gasteiger partial charge in [0.2, 0.25) is 15.7 Å². The first-order valence-corrected chi connectivity index (χ1v) is 17.5. The summed E-state index contributed by atoms with van der Waals surface area (Å²) >= 11 is 0. The first-order chi connectivity index (χ1) is 21.5. The van der Waals surface area contributed by atoms with Gasteiger partial charge in [-0.25, -0.2) is 18.4 Å². The van der Waals surface area contributed by atoms with Gasteiger partial charge in [0.05, 0.1) is 17.7 Å². The molecule has 2 N–H and O–H groups in total. The standard InChI is InChI=1S/C36H45N5O4S.H2/c1-24-21-36(5,6)41(22-24)34-28(29(42)23-46(44,45)31-14-10-13-30(37)38-31)20-27(33(39-34)35(2,3)4)26-15-17-40(18-16-26)32(43)19-25-11-8-7-9-12-25;/h7-15,20,24H,16-19,21-23H2,1-6H3,(H2,37,38);1H/t24-;/m0./s1. The number of carbonyl (C=O) groups excluding carboxylic acids is 2. The second-order valence-electron chi connectivity index (χ2n) is 14.3. The molecule has 2 aromatic heterocycles. The summed E-state index contributed by atoms with van der Waals surface area (Å²) in [6.07, 6.45) is 3.89. The molecule has 2 aliphatic heterocycles. The van der Waals surface area contributed by atoms with E-state index in [9.17, 15) is 18.0 Å². The summed E-state index contributed by atoms with van der Waals surface area (Å²) in [4.78, 5) is 40.4. The molecule has 1 aromatic carbocycles. The van der Waals surface area contributed by atoms with E-state index in [2.05, 4.69) is 51.4 Å². The number of hydrogen-bond donors (Lipinski definition) is 1. The van der Waals surface area contributed by atoms with Crippen molar-refractivity contribution in [3.63, 3.8) is 0 Å². The van der Waals surface area contributed by atoms with E-state index in [1.807, 2.05) is 47.4 Å². The van der Waals surface area contributed by atoms with Gasteiger partial charge in [-0.15, -0.1) is 0 Å². The van der Waals surface area contributed by atoms with Gasteiger partial charge in [-0.3, -0.25) is 9.59 Å². The molecule has 4 heterocycles. The van der Waals surface area contributed by atoms with Crippen molar-refractivity contribution in [3.8, 4) is 0 Å². The van der Waals surface area contributed by atoms with Gasteiger partial charge in [0.1, 0.15) is 17.4 Å². The van der Waals surface area contributed by atoms with E-state index in [1.54, 1.807) is 0 Å². The molecule has 2 aliphatic rings. The topological polar surface area (TPSA) is 127 Å². The summed E-state index contributed by atoms with van der Waals surface area (Å²) in [5.41, 5.74) is 9.02. The second kappa shape index (κ2) is 12.6. The fourth-order valence-electron chi connectivity index (χ4n) is 6.64. The molecule has 246 valence electrons. The molecular weight excluding hydrogens is 598 g/mol. The van der Waals surface area contributed by atoms with Crippen LogP contribution in [0, 0.1) is 5.92 Å². The number of anilines is 2. The van der Waals surface area contributed by atoms with E-state index in [0.29, 0.717) is 44.2 Å². The largest absolute Gasteiger partial charge is 0.384 e. The maximum absolute atomic E-state index is 14.1. The van der Waals surface area contributed by atoms with E-state index >= 15 is 0 Å². The van der Waals surface area contributed by atoms with Crippen LogP contribution in [0.1, 0.15) is 83.0 Å². The molecule has 0 aliphatic carbocycles. The van der Waals surface area contributed by atoms with Gasteiger partial charge in [-0.2, -0.15) is 0 Å². The highest BCUT2D eigenvalue weighted by Gasteiger charge is 2.40. The van der Waals surface area contributed by atoms with Crippen molar-refractivity contribution >= 4 is 38.7 Å². The highest BCUT2D eigenvalue weighted by molar-refractivity contribution is 7.92. The SMILES string of the molecule is C[C@@H]1CN(c2nc(C(C)(C)C)c(C3=CCN(C(=O)Cc4ccccc4)CC3)cc2C(=O)CS(=O)(=O)c2cccc(N)n2)C(C)(C)C1.[HH]. The lowest BCUT2D eigenvalue weighted by molar-refractivity contribution is -0.130. The first kappa shape index (κ1) is 33.3. The Hall–Kier alpha value is -4.05. The summed E-state index contributed by atoms with van der Waals surface area (Å²) in [6, 6.07) is 15.9. The monoisotopic (exact) mass is 645 g/mol. The third-order valence-electron chi connectivity index (χ3n) is 8.83. The van der Waals surface area contributed by atoms with Gasteiger partial charge < -0.3 is 15.5 Å². The van der Waals surface area contributed by atoms with Crippen molar-refractivity contribution in [1.29, 1.82) is 0 Å². The van der Waals surface area contributed by atoms with Crippen molar-refractivity contribution in [2.75, 3.05) is 36.0 Å². The van der Waals surface area contributed by atoms with Gasteiger partial charge in [-0.05, 0) is 61.9 Å². The van der Waals surface area contributed by atoms with Crippen molar-refractivity contribution < 1.29 is 19.4 Å². The Balaban J connectivity index is 0.00000500. The predicted molar refractivity (Wildman–Crippen MR) is 185 cm³/mol. The number of ketones is 1. The fourth-order valence-corrected chi connectivity index (χ4v) is 7.82. The lowest BCUT2D eigenvalue weighted by atomic mass is 9.83. The first-order valence-electron chi connectivity index (χ1n) is 15.9. The van der Waals surface area contributed by atoms with Crippen LogP contribution >= 0.6 is 0 Å². The van der Waals surface area contributed by atoms with Gasteiger partial charge in [0.15, 0.2) is 10.8 Å². The molecule has 0 radical (unpaired) electrons. The highest BCUT2D eigenvalue weighted by Crippen LogP contribution is 2.41. The summed E-state index contributed by atoms with van der Waals surface area (Å²) in [7, 11) is -4.07. The maximum atomic E-state index is 14.1. The number of benzene rings is 1. The summed E-state index contributed by atoms with van der Waals surface area (Å²) in [5.74, 6) is -0.275. The molecule has 0 saturated carbocycles. The van der Waals surface area contributed by atoms with Crippen LogP contribution in [-0.4, -0.2) is 65.9 Å². The Labute approximate surface area is 274 Å². The number of pyridine rings is 2. The summed E-state index contributed by atoms with van der Waals surface area (Å²) < 4.78 is 26.8. The van der Waals surface area contributed by atoms with E-state index in [0.717, 1.165) is 28.8 Å².